The molecule has 2 aromatic heterocycles. The Balaban J connectivity index is 1.61. The zero-order valence-corrected chi connectivity index (χ0v) is 16.5. The summed E-state index contributed by atoms with van der Waals surface area (Å²) in [5.74, 6) is 1.30. The fourth-order valence-corrected chi connectivity index (χ4v) is 4.25. The Kier molecular flexibility index (Phi) is 5.90. The fourth-order valence-electron chi connectivity index (χ4n) is 2.55. The molecule has 0 spiro atoms. The van der Waals surface area contributed by atoms with Crippen LogP contribution in [0.4, 0.5) is 0 Å². The number of amides is 1. The summed E-state index contributed by atoms with van der Waals surface area (Å²) >= 11 is 3.05. The van der Waals surface area contributed by atoms with E-state index in [9.17, 15) is 4.79 Å². The molecule has 3 rings (SSSR count). The van der Waals surface area contributed by atoms with Crippen molar-refractivity contribution in [3.8, 4) is 22.1 Å². The summed E-state index contributed by atoms with van der Waals surface area (Å²) in [5, 5.41) is 7.91. The Morgan fingerprint density at radius 1 is 1.19 bits per heavy atom. The molecule has 3 aromatic rings. The van der Waals surface area contributed by atoms with Crippen molar-refractivity contribution in [1.82, 2.24) is 10.3 Å². The average molecular weight is 389 g/mol. The highest BCUT2D eigenvalue weighted by atomic mass is 32.1. The number of methoxy groups -OCH3 is 2. The van der Waals surface area contributed by atoms with E-state index in [1.54, 1.807) is 25.6 Å². The van der Waals surface area contributed by atoms with Gasteiger partial charge in [-0.05, 0) is 42.5 Å². The smallest absolute Gasteiger partial charge is 0.263 e. The maximum absolute atomic E-state index is 12.5. The first-order chi connectivity index (χ1) is 12.6. The topological polar surface area (TPSA) is 60.5 Å². The van der Waals surface area contributed by atoms with Gasteiger partial charge in [-0.25, -0.2) is 4.98 Å². The van der Waals surface area contributed by atoms with E-state index >= 15 is 0 Å². The van der Waals surface area contributed by atoms with Gasteiger partial charge in [0.15, 0.2) is 11.5 Å². The molecule has 0 saturated carbocycles. The van der Waals surface area contributed by atoms with Crippen molar-refractivity contribution < 1.29 is 14.3 Å². The van der Waals surface area contributed by atoms with Crippen LogP contribution in [-0.4, -0.2) is 31.7 Å². The van der Waals surface area contributed by atoms with Gasteiger partial charge in [-0.1, -0.05) is 6.07 Å². The summed E-state index contributed by atoms with van der Waals surface area (Å²) in [4.78, 5) is 17.7. The van der Waals surface area contributed by atoms with Gasteiger partial charge in [0.1, 0.15) is 9.88 Å². The Labute approximate surface area is 160 Å². The molecule has 1 aromatic carbocycles. The van der Waals surface area contributed by atoms with Crippen molar-refractivity contribution in [2.75, 3.05) is 20.8 Å². The van der Waals surface area contributed by atoms with Gasteiger partial charge in [0.2, 0.25) is 0 Å². The number of hydrogen-bond donors (Lipinski definition) is 1. The Morgan fingerprint density at radius 2 is 2.00 bits per heavy atom. The number of ether oxygens (including phenoxy) is 2. The summed E-state index contributed by atoms with van der Waals surface area (Å²) < 4.78 is 10.5. The van der Waals surface area contributed by atoms with E-state index in [4.69, 9.17) is 9.47 Å². The second kappa shape index (κ2) is 8.33. The van der Waals surface area contributed by atoms with Gasteiger partial charge in [0, 0.05) is 17.5 Å². The molecule has 26 heavy (non-hydrogen) atoms. The zero-order valence-electron chi connectivity index (χ0n) is 14.9. The summed E-state index contributed by atoms with van der Waals surface area (Å²) in [6.07, 6.45) is 0.710. The number of nitrogens with one attached hydrogen (secondary N) is 1. The average Bonchev–Trinajstić information content (AvgIpc) is 3.31. The number of benzene rings is 1. The van der Waals surface area contributed by atoms with Gasteiger partial charge in [-0.2, -0.15) is 11.3 Å². The van der Waals surface area contributed by atoms with E-state index in [0.717, 1.165) is 21.8 Å². The van der Waals surface area contributed by atoms with Crippen LogP contribution in [0.3, 0.4) is 0 Å². The number of nitrogens with zero attached hydrogens (tertiary/aromatic N) is 1. The molecule has 0 bridgehead atoms. The van der Waals surface area contributed by atoms with E-state index in [-0.39, 0.29) is 5.91 Å². The molecule has 0 atom stereocenters. The van der Waals surface area contributed by atoms with Crippen LogP contribution in [0.1, 0.15) is 20.9 Å². The number of rotatable bonds is 7. The van der Waals surface area contributed by atoms with Crippen LogP contribution in [0, 0.1) is 6.92 Å². The van der Waals surface area contributed by atoms with Gasteiger partial charge in [0.05, 0.1) is 19.9 Å². The number of aromatic nitrogens is 1. The third-order valence-electron chi connectivity index (χ3n) is 3.92. The lowest BCUT2D eigenvalue weighted by Crippen LogP contribution is -2.25. The highest BCUT2D eigenvalue weighted by molar-refractivity contribution is 7.17. The molecule has 7 heteroatoms. The molecule has 0 radical (unpaired) electrons. The third kappa shape index (κ3) is 4.05. The van der Waals surface area contributed by atoms with E-state index in [0.29, 0.717) is 29.3 Å². The van der Waals surface area contributed by atoms with E-state index in [1.807, 2.05) is 41.9 Å². The van der Waals surface area contributed by atoms with Crippen LogP contribution in [0.2, 0.25) is 0 Å². The largest absolute Gasteiger partial charge is 0.493 e. The third-order valence-corrected chi connectivity index (χ3v) is 5.81. The lowest BCUT2D eigenvalue weighted by molar-refractivity contribution is 0.0957. The number of thiophene rings is 1. The quantitative estimate of drug-likeness (QED) is 0.660. The molecule has 0 aliphatic carbocycles. The molecule has 1 N–H and O–H groups in total. The van der Waals surface area contributed by atoms with Crippen molar-refractivity contribution >= 4 is 28.6 Å². The Hall–Kier alpha value is -2.38. The zero-order chi connectivity index (χ0) is 18.5. The van der Waals surface area contributed by atoms with Crippen molar-refractivity contribution in [3.05, 3.63) is 51.2 Å². The molecule has 1 amide bonds. The second-order valence-electron chi connectivity index (χ2n) is 5.64. The lowest BCUT2D eigenvalue weighted by Gasteiger charge is -2.10. The summed E-state index contributed by atoms with van der Waals surface area (Å²) in [5.41, 5.74) is 2.90. The molecule has 5 nitrogen and oxygen atoms in total. The Morgan fingerprint density at radius 3 is 2.69 bits per heavy atom. The maximum atomic E-state index is 12.5. The first-order valence-electron chi connectivity index (χ1n) is 8.11. The van der Waals surface area contributed by atoms with Crippen LogP contribution >= 0.6 is 22.7 Å². The predicted octanol–water partition coefficient (Wildman–Crippen LogP) is 4.17. The molecule has 0 aliphatic rings. The minimum Gasteiger partial charge on any atom is -0.493 e. The van der Waals surface area contributed by atoms with Gasteiger partial charge in [0.25, 0.3) is 5.91 Å². The molecular weight excluding hydrogens is 368 g/mol. The number of carbonyl (C=O) groups excluding carboxylic acids is 1. The first-order valence-corrected chi connectivity index (χ1v) is 9.87. The summed E-state index contributed by atoms with van der Waals surface area (Å²) in [6.45, 7) is 2.41. The van der Waals surface area contributed by atoms with Crippen molar-refractivity contribution in [2.45, 2.75) is 13.3 Å². The van der Waals surface area contributed by atoms with Gasteiger partial charge in [-0.15, -0.1) is 11.3 Å². The van der Waals surface area contributed by atoms with Crippen LogP contribution in [0.25, 0.3) is 10.6 Å². The first kappa shape index (κ1) is 18.4. The number of carbonyl (C=O) groups is 1. The number of aryl methyl sites for hydroxylation is 1. The monoisotopic (exact) mass is 388 g/mol. The van der Waals surface area contributed by atoms with Crippen molar-refractivity contribution in [3.63, 3.8) is 0 Å². The van der Waals surface area contributed by atoms with E-state index in [2.05, 4.69) is 10.3 Å². The predicted molar refractivity (Wildman–Crippen MR) is 106 cm³/mol. The normalized spacial score (nSPS) is 10.6. The van der Waals surface area contributed by atoms with Crippen molar-refractivity contribution in [1.29, 1.82) is 0 Å². The van der Waals surface area contributed by atoms with E-state index in [1.165, 1.54) is 11.3 Å². The Bertz CT molecular complexity index is 888. The summed E-state index contributed by atoms with van der Waals surface area (Å²) in [6, 6.07) is 7.79. The van der Waals surface area contributed by atoms with E-state index < -0.39 is 0 Å². The molecule has 2 heterocycles. The van der Waals surface area contributed by atoms with Gasteiger partial charge in [-0.3, -0.25) is 4.79 Å². The lowest BCUT2D eigenvalue weighted by atomic mass is 10.1. The SMILES string of the molecule is COc1ccc(CCNC(=O)c2sc(-c3ccsc3)nc2C)cc1OC. The minimum atomic E-state index is -0.0815. The second-order valence-corrected chi connectivity index (χ2v) is 7.42. The molecular formula is C19H20N2O3S2. The van der Waals surface area contributed by atoms with Crippen LogP contribution in [-0.2, 0) is 6.42 Å². The fraction of sp³-hybridized carbons (Fsp3) is 0.263. The maximum Gasteiger partial charge on any atom is 0.263 e. The highest BCUT2D eigenvalue weighted by Crippen LogP contribution is 2.29. The molecule has 136 valence electrons. The number of thiazole rings is 1. The minimum absolute atomic E-state index is 0.0815. The standard InChI is InChI=1S/C19H20N2O3S2/c1-12-17(26-19(21-12)14-7-9-25-11-14)18(22)20-8-6-13-4-5-15(23-2)16(10-13)24-3/h4-5,7,9-11H,6,8H2,1-3H3,(H,20,22). The number of hydrogen-bond acceptors (Lipinski definition) is 6. The van der Waals surface area contributed by atoms with Crippen LogP contribution in [0.5, 0.6) is 11.5 Å². The van der Waals surface area contributed by atoms with Crippen LogP contribution < -0.4 is 14.8 Å². The van der Waals surface area contributed by atoms with Crippen LogP contribution in [0.15, 0.2) is 35.0 Å². The molecule has 0 fully saturated rings. The molecule has 0 unspecified atom stereocenters. The van der Waals surface area contributed by atoms with Crippen molar-refractivity contribution in [2.24, 2.45) is 0 Å². The molecule has 0 saturated heterocycles. The molecule has 0 aliphatic heterocycles. The highest BCUT2D eigenvalue weighted by Gasteiger charge is 2.16. The summed E-state index contributed by atoms with van der Waals surface area (Å²) in [7, 11) is 3.22. The van der Waals surface area contributed by atoms with Gasteiger partial charge >= 0.3 is 0 Å². The van der Waals surface area contributed by atoms with Gasteiger partial charge < -0.3 is 14.8 Å².